The van der Waals surface area contributed by atoms with Gasteiger partial charge in [-0.1, -0.05) is 6.07 Å². The van der Waals surface area contributed by atoms with Gasteiger partial charge < -0.3 is 19.7 Å². The summed E-state index contributed by atoms with van der Waals surface area (Å²) in [5.41, 5.74) is 3.37. The van der Waals surface area contributed by atoms with Gasteiger partial charge in [0.05, 0.1) is 5.69 Å². The average molecular weight is 354 g/mol. The van der Waals surface area contributed by atoms with Crippen molar-refractivity contribution >= 4 is 23.2 Å². The molecule has 0 unspecified atom stereocenters. The second-order valence-electron chi connectivity index (χ2n) is 6.50. The van der Waals surface area contributed by atoms with Crippen LogP contribution in [0.1, 0.15) is 18.1 Å². The number of aryl methyl sites for hydroxylation is 2. The second-order valence-corrected chi connectivity index (χ2v) is 6.50. The number of anilines is 2. The van der Waals surface area contributed by atoms with Crippen molar-refractivity contribution in [3.63, 3.8) is 0 Å². The van der Waals surface area contributed by atoms with Crippen molar-refractivity contribution in [1.82, 2.24) is 0 Å². The Bertz CT molecular complexity index is 843. The lowest BCUT2D eigenvalue weighted by atomic mass is 10.1. The highest BCUT2D eigenvalue weighted by atomic mass is 16.5. The van der Waals surface area contributed by atoms with E-state index in [1.807, 2.05) is 32.0 Å². The van der Waals surface area contributed by atoms with E-state index in [-0.39, 0.29) is 18.4 Å². The molecule has 1 heterocycles. The summed E-state index contributed by atoms with van der Waals surface area (Å²) in [5.74, 6) is 0.877. The Morgan fingerprint density at radius 1 is 1.19 bits per heavy atom. The number of carbonyl (C=O) groups excluding carboxylic acids is 2. The van der Waals surface area contributed by atoms with Crippen LogP contribution in [-0.2, 0) is 9.59 Å². The monoisotopic (exact) mass is 354 g/mol. The molecule has 0 saturated heterocycles. The molecule has 26 heavy (non-hydrogen) atoms. The zero-order valence-corrected chi connectivity index (χ0v) is 15.3. The van der Waals surface area contributed by atoms with Crippen LogP contribution in [0.15, 0.2) is 36.4 Å². The summed E-state index contributed by atoms with van der Waals surface area (Å²) in [6.07, 6.45) is -0.515. The fourth-order valence-electron chi connectivity index (χ4n) is 2.95. The van der Waals surface area contributed by atoms with Crippen LogP contribution in [0.25, 0.3) is 0 Å². The van der Waals surface area contributed by atoms with Crippen molar-refractivity contribution in [3.05, 3.63) is 47.5 Å². The first-order valence-corrected chi connectivity index (χ1v) is 8.42. The Kier molecular flexibility index (Phi) is 4.84. The smallest absolute Gasteiger partial charge is 0.267 e. The van der Waals surface area contributed by atoms with Gasteiger partial charge in [-0.2, -0.15) is 0 Å². The molecule has 2 aromatic carbocycles. The number of nitrogens with one attached hydrogen (secondary N) is 1. The molecular weight excluding hydrogens is 332 g/mol. The maximum atomic E-state index is 12.2. The van der Waals surface area contributed by atoms with E-state index in [1.165, 1.54) is 4.90 Å². The summed E-state index contributed by atoms with van der Waals surface area (Å²) in [5, 5.41) is 2.78. The van der Waals surface area contributed by atoms with E-state index in [1.54, 1.807) is 32.2 Å². The number of amides is 2. The number of hydrogen-bond donors (Lipinski definition) is 1. The van der Waals surface area contributed by atoms with Gasteiger partial charge >= 0.3 is 0 Å². The van der Waals surface area contributed by atoms with Gasteiger partial charge in [0, 0.05) is 12.7 Å². The van der Waals surface area contributed by atoms with E-state index in [2.05, 4.69) is 5.32 Å². The van der Waals surface area contributed by atoms with Gasteiger partial charge in [-0.05, 0) is 62.2 Å². The topological polar surface area (TPSA) is 67.9 Å². The molecule has 3 rings (SSSR count). The van der Waals surface area contributed by atoms with E-state index < -0.39 is 6.10 Å². The van der Waals surface area contributed by atoms with Gasteiger partial charge in [0.2, 0.25) is 0 Å². The Morgan fingerprint density at radius 3 is 2.58 bits per heavy atom. The van der Waals surface area contributed by atoms with Crippen LogP contribution in [0.3, 0.4) is 0 Å². The molecule has 0 bridgehead atoms. The van der Waals surface area contributed by atoms with Crippen molar-refractivity contribution in [1.29, 1.82) is 0 Å². The van der Waals surface area contributed by atoms with Crippen LogP contribution >= 0.6 is 0 Å². The van der Waals surface area contributed by atoms with Crippen LogP contribution in [0.2, 0.25) is 0 Å². The summed E-state index contributed by atoms with van der Waals surface area (Å²) < 4.78 is 11.1. The standard InChI is InChI=1S/C20H22N2O4/c1-12-7-13(2)9-16(8-12)25-11-19(23)21-15-5-6-18-17(10-15)22(4)20(24)14(3)26-18/h5-10,14H,11H2,1-4H3,(H,21,23)/t14-/m0/s1. The minimum atomic E-state index is -0.515. The second kappa shape index (κ2) is 7.07. The summed E-state index contributed by atoms with van der Waals surface area (Å²) >= 11 is 0. The number of hydrogen-bond acceptors (Lipinski definition) is 4. The SMILES string of the molecule is Cc1cc(C)cc(OCC(=O)Nc2ccc3c(c2)N(C)C(=O)[C@H](C)O3)c1. The van der Waals surface area contributed by atoms with Crippen molar-refractivity contribution in [2.75, 3.05) is 23.9 Å². The lowest BCUT2D eigenvalue weighted by molar-refractivity contribution is -0.125. The maximum absolute atomic E-state index is 12.2. The summed E-state index contributed by atoms with van der Waals surface area (Å²) in [4.78, 5) is 25.7. The third kappa shape index (κ3) is 3.79. The number of ether oxygens (including phenoxy) is 2. The molecule has 0 aliphatic carbocycles. The Labute approximate surface area is 152 Å². The molecule has 6 heteroatoms. The summed E-state index contributed by atoms with van der Waals surface area (Å²) in [6, 6.07) is 11.0. The van der Waals surface area contributed by atoms with E-state index in [0.29, 0.717) is 22.9 Å². The van der Waals surface area contributed by atoms with Crippen LogP contribution in [0.5, 0.6) is 11.5 Å². The Hall–Kier alpha value is -3.02. The molecule has 1 atom stereocenters. The predicted octanol–water partition coefficient (Wildman–Crippen LogP) is 3.06. The molecule has 0 saturated carbocycles. The molecule has 0 aromatic heterocycles. The van der Waals surface area contributed by atoms with Gasteiger partial charge in [0.25, 0.3) is 11.8 Å². The van der Waals surface area contributed by atoms with Gasteiger partial charge in [0.15, 0.2) is 12.7 Å². The molecule has 0 spiro atoms. The minimum Gasteiger partial charge on any atom is -0.484 e. The van der Waals surface area contributed by atoms with Gasteiger partial charge in [-0.15, -0.1) is 0 Å². The molecule has 1 aliphatic heterocycles. The first-order valence-electron chi connectivity index (χ1n) is 8.42. The number of nitrogens with zero attached hydrogens (tertiary/aromatic N) is 1. The highest BCUT2D eigenvalue weighted by Crippen LogP contribution is 2.35. The summed E-state index contributed by atoms with van der Waals surface area (Å²) in [7, 11) is 1.69. The zero-order valence-electron chi connectivity index (χ0n) is 15.3. The largest absolute Gasteiger partial charge is 0.484 e. The highest BCUT2D eigenvalue weighted by Gasteiger charge is 2.29. The minimum absolute atomic E-state index is 0.0950. The normalized spacial score (nSPS) is 15.9. The third-order valence-corrected chi connectivity index (χ3v) is 4.15. The maximum Gasteiger partial charge on any atom is 0.267 e. The van der Waals surface area contributed by atoms with Gasteiger partial charge in [-0.3, -0.25) is 9.59 Å². The quantitative estimate of drug-likeness (QED) is 0.916. The zero-order chi connectivity index (χ0) is 18.8. The number of benzene rings is 2. The molecule has 6 nitrogen and oxygen atoms in total. The van der Waals surface area contributed by atoms with E-state index >= 15 is 0 Å². The molecule has 2 aromatic rings. The first kappa shape index (κ1) is 17.8. The Balaban J connectivity index is 1.66. The van der Waals surface area contributed by atoms with Crippen LogP contribution in [-0.4, -0.2) is 31.6 Å². The third-order valence-electron chi connectivity index (χ3n) is 4.15. The molecule has 2 amide bonds. The van der Waals surface area contributed by atoms with E-state index in [4.69, 9.17) is 9.47 Å². The number of rotatable bonds is 4. The molecular formula is C20H22N2O4. The highest BCUT2D eigenvalue weighted by molar-refractivity contribution is 6.00. The average Bonchev–Trinajstić information content (AvgIpc) is 2.58. The fourth-order valence-corrected chi connectivity index (χ4v) is 2.95. The number of carbonyl (C=O) groups is 2. The van der Waals surface area contributed by atoms with Crippen molar-refractivity contribution in [2.45, 2.75) is 26.9 Å². The number of likely N-dealkylation sites (N-methyl/N-ethyl adjacent to an activating group) is 1. The van der Waals surface area contributed by atoms with E-state index in [0.717, 1.165) is 11.1 Å². The molecule has 0 fully saturated rings. The lowest BCUT2D eigenvalue weighted by Gasteiger charge is -2.30. The molecule has 0 radical (unpaired) electrons. The van der Waals surface area contributed by atoms with Crippen molar-refractivity contribution in [2.24, 2.45) is 0 Å². The van der Waals surface area contributed by atoms with E-state index in [9.17, 15) is 9.59 Å². The summed E-state index contributed by atoms with van der Waals surface area (Å²) in [6.45, 7) is 5.58. The first-order chi connectivity index (χ1) is 12.3. The van der Waals surface area contributed by atoms with Crippen molar-refractivity contribution in [3.8, 4) is 11.5 Å². The molecule has 1 N–H and O–H groups in total. The Morgan fingerprint density at radius 2 is 1.88 bits per heavy atom. The van der Waals surface area contributed by atoms with Crippen LogP contribution in [0, 0.1) is 13.8 Å². The number of fused-ring (bicyclic) bond motifs is 1. The fraction of sp³-hybridized carbons (Fsp3) is 0.300. The van der Waals surface area contributed by atoms with Gasteiger partial charge in [-0.25, -0.2) is 0 Å². The molecule has 136 valence electrons. The lowest BCUT2D eigenvalue weighted by Crippen LogP contribution is -2.42. The van der Waals surface area contributed by atoms with Gasteiger partial charge in [0.1, 0.15) is 11.5 Å². The van der Waals surface area contributed by atoms with Crippen LogP contribution in [0.4, 0.5) is 11.4 Å². The molecule has 1 aliphatic rings. The van der Waals surface area contributed by atoms with Crippen LogP contribution < -0.4 is 19.7 Å². The predicted molar refractivity (Wildman–Crippen MR) is 100.0 cm³/mol. The van der Waals surface area contributed by atoms with Crippen molar-refractivity contribution < 1.29 is 19.1 Å².